The first-order chi connectivity index (χ1) is 16.9. The van der Waals surface area contributed by atoms with Crippen molar-refractivity contribution in [2.75, 3.05) is 18.1 Å². The number of amides is 1. The molecule has 4 aromatic rings. The Labute approximate surface area is 205 Å². The summed E-state index contributed by atoms with van der Waals surface area (Å²) in [5.74, 6) is 1.69. The van der Waals surface area contributed by atoms with Gasteiger partial charge < -0.3 is 19.3 Å². The molecule has 6 heteroatoms. The number of imidazole rings is 1. The second kappa shape index (κ2) is 9.55. The number of benzene rings is 3. The summed E-state index contributed by atoms with van der Waals surface area (Å²) in [5.41, 5.74) is 5.99. The van der Waals surface area contributed by atoms with Gasteiger partial charge in [0.05, 0.1) is 17.6 Å². The van der Waals surface area contributed by atoms with Crippen LogP contribution in [0.2, 0.25) is 0 Å². The number of aliphatic hydroxyl groups excluding tert-OH is 1. The quantitative estimate of drug-likeness (QED) is 0.417. The van der Waals surface area contributed by atoms with E-state index in [4.69, 9.17) is 9.72 Å². The van der Waals surface area contributed by atoms with E-state index < -0.39 is 6.10 Å². The van der Waals surface area contributed by atoms with Crippen molar-refractivity contribution in [3.05, 3.63) is 89.2 Å². The fourth-order valence-corrected chi connectivity index (χ4v) is 4.92. The molecule has 2 unspecified atom stereocenters. The maximum absolute atomic E-state index is 12.9. The summed E-state index contributed by atoms with van der Waals surface area (Å²) in [6.45, 7) is 7.14. The number of ether oxygens (including phenoxy) is 1. The van der Waals surface area contributed by atoms with Crippen molar-refractivity contribution in [3.63, 3.8) is 0 Å². The van der Waals surface area contributed by atoms with Gasteiger partial charge in [0.2, 0.25) is 5.91 Å². The number of aryl methyl sites for hydroxylation is 3. The number of anilines is 1. The molecule has 1 aromatic heterocycles. The molecule has 0 radical (unpaired) electrons. The first-order valence-electron chi connectivity index (χ1n) is 12.1. The molecule has 35 heavy (non-hydrogen) atoms. The number of rotatable bonds is 7. The van der Waals surface area contributed by atoms with Crippen LogP contribution in [0.5, 0.6) is 5.75 Å². The van der Waals surface area contributed by atoms with Crippen LogP contribution >= 0.6 is 0 Å². The summed E-state index contributed by atoms with van der Waals surface area (Å²) in [5, 5.41) is 10.9. The van der Waals surface area contributed by atoms with Gasteiger partial charge in [-0.2, -0.15) is 0 Å². The molecule has 2 atom stereocenters. The first kappa shape index (κ1) is 23.1. The summed E-state index contributed by atoms with van der Waals surface area (Å²) in [4.78, 5) is 19.7. The van der Waals surface area contributed by atoms with E-state index in [1.807, 2.05) is 92.4 Å². The Kier molecular flexibility index (Phi) is 6.31. The van der Waals surface area contributed by atoms with Crippen molar-refractivity contribution in [1.82, 2.24) is 9.55 Å². The third kappa shape index (κ3) is 4.66. The molecule has 0 aliphatic carbocycles. The lowest BCUT2D eigenvalue weighted by Gasteiger charge is -2.20. The Morgan fingerprint density at radius 2 is 1.71 bits per heavy atom. The number of carbonyl (C=O) groups is 1. The molecular formula is C29H31N3O3. The Morgan fingerprint density at radius 3 is 2.46 bits per heavy atom. The lowest BCUT2D eigenvalue weighted by atomic mass is 10.1. The zero-order valence-corrected chi connectivity index (χ0v) is 20.4. The standard InChI is InChI=1S/C29H31N3O3/c1-19-11-13-23(14-12-19)31-16-22(15-27(31)34)29-30-25-9-4-5-10-26(25)32(29)17-24(33)18-35-28-20(2)7-6-8-21(28)3/h4-14,22,24,33H,15-18H2,1-3H3. The highest BCUT2D eigenvalue weighted by Gasteiger charge is 2.35. The van der Waals surface area contributed by atoms with E-state index in [-0.39, 0.29) is 18.4 Å². The Bertz CT molecular complexity index is 1340. The third-order valence-corrected chi connectivity index (χ3v) is 6.74. The molecule has 0 saturated carbocycles. The van der Waals surface area contributed by atoms with E-state index in [1.165, 1.54) is 0 Å². The molecule has 3 aromatic carbocycles. The predicted octanol–water partition coefficient (Wildman–Crippen LogP) is 4.92. The number of aliphatic hydroxyl groups is 1. The van der Waals surface area contributed by atoms with Gasteiger partial charge in [-0.15, -0.1) is 0 Å². The monoisotopic (exact) mass is 469 g/mol. The van der Waals surface area contributed by atoms with E-state index in [9.17, 15) is 9.90 Å². The molecule has 180 valence electrons. The molecule has 0 bridgehead atoms. The van der Waals surface area contributed by atoms with Crippen LogP contribution < -0.4 is 9.64 Å². The molecule has 6 nitrogen and oxygen atoms in total. The Morgan fingerprint density at radius 1 is 1.00 bits per heavy atom. The van der Waals surface area contributed by atoms with Gasteiger partial charge in [0, 0.05) is 24.6 Å². The van der Waals surface area contributed by atoms with Gasteiger partial charge in [0.1, 0.15) is 24.3 Å². The van der Waals surface area contributed by atoms with Crippen LogP contribution in [0.15, 0.2) is 66.7 Å². The molecule has 5 rings (SSSR count). The van der Waals surface area contributed by atoms with Gasteiger partial charge in [-0.05, 0) is 56.2 Å². The Balaban J connectivity index is 1.39. The van der Waals surface area contributed by atoms with Crippen molar-refractivity contribution >= 4 is 22.6 Å². The number of aromatic nitrogens is 2. The highest BCUT2D eigenvalue weighted by molar-refractivity contribution is 5.96. The molecule has 1 N–H and O–H groups in total. The summed E-state index contributed by atoms with van der Waals surface area (Å²) >= 11 is 0. The number of hydrogen-bond donors (Lipinski definition) is 1. The SMILES string of the molecule is Cc1ccc(N2CC(c3nc4ccccc4n3CC(O)COc3c(C)cccc3C)CC2=O)cc1. The second-order valence-electron chi connectivity index (χ2n) is 9.50. The van der Waals surface area contributed by atoms with Gasteiger partial charge in [0.15, 0.2) is 0 Å². The van der Waals surface area contributed by atoms with Crippen LogP contribution in [0.4, 0.5) is 5.69 Å². The fourth-order valence-electron chi connectivity index (χ4n) is 4.92. The number of fused-ring (bicyclic) bond motifs is 1. The normalized spacial score (nSPS) is 16.7. The van der Waals surface area contributed by atoms with Crippen molar-refractivity contribution in [3.8, 4) is 5.75 Å². The number of para-hydroxylation sites is 3. The van der Waals surface area contributed by atoms with Gasteiger partial charge in [-0.1, -0.05) is 48.0 Å². The van der Waals surface area contributed by atoms with Crippen molar-refractivity contribution in [1.29, 1.82) is 0 Å². The van der Waals surface area contributed by atoms with Crippen LogP contribution in [0.3, 0.4) is 0 Å². The maximum Gasteiger partial charge on any atom is 0.227 e. The summed E-state index contributed by atoms with van der Waals surface area (Å²) in [6.07, 6.45) is -0.331. The molecule has 1 saturated heterocycles. The summed E-state index contributed by atoms with van der Waals surface area (Å²) in [7, 11) is 0. The molecule has 2 heterocycles. The van der Waals surface area contributed by atoms with E-state index in [1.54, 1.807) is 0 Å². The van der Waals surface area contributed by atoms with Gasteiger partial charge in [-0.25, -0.2) is 4.98 Å². The van der Waals surface area contributed by atoms with Crippen LogP contribution in [0, 0.1) is 20.8 Å². The Hall–Kier alpha value is -3.64. The number of nitrogens with zero attached hydrogens (tertiary/aromatic N) is 3. The smallest absolute Gasteiger partial charge is 0.227 e. The highest BCUT2D eigenvalue weighted by Crippen LogP contribution is 2.33. The first-order valence-corrected chi connectivity index (χ1v) is 12.1. The minimum absolute atomic E-state index is 0.0528. The van der Waals surface area contributed by atoms with Crippen molar-refractivity contribution in [2.24, 2.45) is 0 Å². The average molecular weight is 470 g/mol. The zero-order chi connectivity index (χ0) is 24.5. The number of carbonyl (C=O) groups excluding carboxylic acids is 1. The van der Waals surface area contributed by atoms with Gasteiger partial charge in [-0.3, -0.25) is 4.79 Å². The highest BCUT2D eigenvalue weighted by atomic mass is 16.5. The predicted molar refractivity (Wildman–Crippen MR) is 138 cm³/mol. The average Bonchev–Trinajstić information content (AvgIpc) is 3.40. The molecule has 1 aliphatic heterocycles. The van der Waals surface area contributed by atoms with E-state index in [0.29, 0.717) is 19.5 Å². The number of hydrogen-bond acceptors (Lipinski definition) is 4. The molecule has 1 amide bonds. The van der Waals surface area contributed by atoms with Crippen LogP contribution in [-0.4, -0.2) is 39.8 Å². The van der Waals surface area contributed by atoms with Gasteiger partial charge in [0.25, 0.3) is 0 Å². The summed E-state index contributed by atoms with van der Waals surface area (Å²) < 4.78 is 8.07. The van der Waals surface area contributed by atoms with Crippen molar-refractivity contribution in [2.45, 2.75) is 45.8 Å². The molecular weight excluding hydrogens is 438 g/mol. The molecule has 1 aliphatic rings. The van der Waals surface area contributed by atoms with Crippen LogP contribution in [0.25, 0.3) is 11.0 Å². The fraction of sp³-hybridized carbons (Fsp3) is 0.310. The lowest BCUT2D eigenvalue weighted by Crippen LogP contribution is -2.26. The van der Waals surface area contributed by atoms with E-state index >= 15 is 0 Å². The lowest BCUT2D eigenvalue weighted by molar-refractivity contribution is -0.117. The van der Waals surface area contributed by atoms with E-state index in [0.717, 1.165) is 45.0 Å². The molecule has 0 spiro atoms. The van der Waals surface area contributed by atoms with Crippen LogP contribution in [0.1, 0.15) is 34.9 Å². The maximum atomic E-state index is 12.9. The second-order valence-corrected chi connectivity index (χ2v) is 9.50. The zero-order valence-electron chi connectivity index (χ0n) is 20.4. The van der Waals surface area contributed by atoms with Gasteiger partial charge >= 0.3 is 0 Å². The minimum Gasteiger partial charge on any atom is -0.490 e. The van der Waals surface area contributed by atoms with E-state index in [2.05, 4.69) is 4.57 Å². The topological polar surface area (TPSA) is 67.6 Å². The minimum atomic E-state index is -0.726. The van der Waals surface area contributed by atoms with Crippen molar-refractivity contribution < 1.29 is 14.6 Å². The largest absolute Gasteiger partial charge is 0.490 e. The summed E-state index contributed by atoms with van der Waals surface area (Å²) in [6, 6.07) is 22.0. The van der Waals surface area contributed by atoms with Crippen LogP contribution in [-0.2, 0) is 11.3 Å². The molecule has 1 fully saturated rings. The third-order valence-electron chi connectivity index (χ3n) is 6.74.